The van der Waals surface area contributed by atoms with E-state index in [0.717, 1.165) is 5.92 Å². The van der Waals surface area contributed by atoms with Crippen molar-refractivity contribution in [1.82, 2.24) is 0 Å². The second-order valence-corrected chi connectivity index (χ2v) is 3.92. The van der Waals surface area contributed by atoms with Gasteiger partial charge in [-0.1, -0.05) is 57.5 Å². The number of aryl methyl sites for hydroxylation is 2. The van der Waals surface area contributed by atoms with E-state index in [9.17, 15) is 0 Å². The van der Waals surface area contributed by atoms with Crippen LogP contribution in [0.3, 0.4) is 0 Å². The molecule has 0 saturated carbocycles. The predicted molar refractivity (Wildman–Crippen MR) is 75.6 cm³/mol. The molecular formula is C16H26. The van der Waals surface area contributed by atoms with E-state index in [0.29, 0.717) is 0 Å². The molecule has 0 fully saturated rings. The molecule has 0 nitrogen and oxygen atoms in total. The molecule has 0 saturated heterocycles. The Bertz CT molecular complexity index is 268. The number of benzene rings is 1. The van der Waals surface area contributed by atoms with Crippen LogP contribution in [0, 0.1) is 25.7 Å². The molecule has 1 aromatic rings. The topological polar surface area (TPSA) is 0 Å². The Kier molecular flexibility index (Phi) is 12.7. The Morgan fingerprint density at radius 2 is 1.69 bits per heavy atom. The Balaban J connectivity index is 0. The first-order chi connectivity index (χ1) is 7.68. The van der Waals surface area contributed by atoms with Crippen molar-refractivity contribution in [3.8, 4) is 12.8 Å². The lowest BCUT2D eigenvalue weighted by molar-refractivity contribution is 0.586. The lowest BCUT2D eigenvalue weighted by Gasteiger charge is -2.04. The van der Waals surface area contributed by atoms with Gasteiger partial charge < -0.3 is 0 Å². The van der Waals surface area contributed by atoms with Crippen molar-refractivity contribution in [2.75, 3.05) is 0 Å². The summed E-state index contributed by atoms with van der Waals surface area (Å²) in [5.41, 5.74) is 2.85. The Labute approximate surface area is 102 Å². The SMILES string of the molecule is C#C.CC.Cc1cccc(CCC(C)C)c1. The van der Waals surface area contributed by atoms with Crippen molar-refractivity contribution in [3.05, 3.63) is 35.4 Å². The summed E-state index contributed by atoms with van der Waals surface area (Å²) in [6.07, 6.45) is 10.5. The van der Waals surface area contributed by atoms with Crippen LogP contribution in [0.5, 0.6) is 0 Å². The smallest absolute Gasteiger partial charge is 0.0276 e. The van der Waals surface area contributed by atoms with Gasteiger partial charge in [-0.2, -0.15) is 0 Å². The van der Waals surface area contributed by atoms with Crippen LogP contribution in [0.1, 0.15) is 45.2 Å². The van der Waals surface area contributed by atoms with E-state index >= 15 is 0 Å². The maximum absolute atomic E-state index is 4.00. The van der Waals surface area contributed by atoms with Crippen LogP contribution >= 0.6 is 0 Å². The quantitative estimate of drug-likeness (QED) is 0.636. The number of terminal acetylenes is 1. The standard InChI is InChI=1S/C12H18.C2H6.C2H2/c1-10(2)7-8-12-6-4-5-11(3)9-12;2*1-2/h4-6,9-10H,7-8H2,1-3H3;1-2H3;1-2H. The van der Waals surface area contributed by atoms with Crippen LogP contribution in [0.4, 0.5) is 0 Å². The molecule has 0 heterocycles. The zero-order valence-corrected chi connectivity index (χ0v) is 11.5. The summed E-state index contributed by atoms with van der Waals surface area (Å²) in [5, 5.41) is 0. The van der Waals surface area contributed by atoms with Gasteiger partial charge in [0.1, 0.15) is 0 Å². The maximum atomic E-state index is 4.00. The van der Waals surface area contributed by atoms with Gasteiger partial charge in [-0.3, -0.25) is 0 Å². The molecule has 0 aliphatic rings. The predicted octanol–water partition coefficient (Wildman–Crippen LogP) is 4.86. The van der Waals surface area contributed by atoms with E-state index < -0.39 is 0 Å². The zero-order chi connectivity index (χ0) is 13.0. The summed E-state index contributed by atoms with van der Waals surface area (Å²) in [5.74, 6) is 0.811. The summed E-state index contributed by atoms with van der Waals surface area (Å²) in [7, 11) is 0. The van der Waals surface area contributed by atoms with Crippen LogP contribution in [0.25, 0.3) is 0 Å². The van der Waals surface area contributed by atoms with Gasteiger partial charge in [0.05, 0.1) is 0 Å². The molecule has 16 heavy (non-hydrogen) atoms. The van der Waals surface area contributed by atoms with Gasteiger partial charge in [-0.05, 0) is 31.2 Å². The zero-order valence-electron chi connectivity index (χ0n) is 11.5. The van der Waals surface area contributed by atoms with Gasteiger partial charge >= 0.3 is 0 Å². The number of rotatable bonds is 3. The summed E-state index contributed by atoms with van der Waals surface area (Å²) in [4.78, 5) is 0. The van der Waals surface area contributed by atoms with Crippen LogP contribution in [0.15, 0.2) is 24.3 Å². The fraction of sp³-hybridized carbons (Fsp3) is 0.500. The highest BCUT2D eigenvalue weighted by atomic mass is 14.0. The molecule has 0 aliphatic carbocycles. The molecule has 0 bridgehead atoms. The van der Waals surface area contributed by atoms with Crippen LogP contribution in [0.2, 0.25) is 0 Å². The molecule has 0 spiro atoms. The lowest BCUT2D eigenvalue weighted by Crippen LogP contribution is -1.92. The van der Waals surface area contributed by atoms with E-state index in [1.807, 2.05) is 13.8 Å². The van der Waals surface area contributed by atoms with Gasteiger partial charge in [-0.15, -0.1) is 12.8 Å². The summed E-state index contributed by atoms with van der Waals surface area (Å²) in [6, 6.07) is 8.79. The molecule has 90 valence electrons. The maximum Gasteiger partial charge on any atom is -0.0276 e. The Hall–Kier alpha value is -1.22. The monoisotopic (exact) mass is 218 g/mol. The van der Waals surface area contributed by atoms with Crippen molar-refractivity contribution >= 4 is 0 Å². The van der Waals surface area contributed by atoms with E-state index in [2.05, 4.69) is 57.9 Å². The summed E-state index contributed by atoms with van der Waals surface area (Å²) in [6.45, 7) is 10.7. The lowest BCUT2D eigenvalue weighted by atomic mass is 10.0. The Morgan fingerprint density at radius 1 is 1.12 bits per heavy atom. The largest absolute Gasteiger partial charge is 0.124 e. The highest BCUT2D eigenvalue weighted by Gasteiger charge is 1.96. The average Bonchev–Trinajstić information content (AvgIpc) is 2.32. The van der Waals surface area contributed by atoms with Gasteiger partial charge in [0.15, 0.2) is 0 Å². The van der Waals surface area contributed by atoms with Crippen LogP contribution in [-0.4, -0.2) is 0 Å². The molecule has 0 unspecified atom stereocenters. The van der Waals surface area contributed by atoms with Gasteiger partial charge in [0.2, 0.25) is 0 Å². The fourth-order valence-electron chi connectivity index (χ4n) is 1.32. The van der Waals surface area contributed by atoms with E-state index in [1.54, 1.807) is 0 Å². The molecular weight excluding hydrogens is 192 g/mol. The molecule has 0 aromatic heterocycles. The van der Waals surface area contributed by atoms with Crippen molar-refractivity contribution in [2.24, 2.45) is 5.92 Å². The van der Waals surface area contributed by atoms with Crippen molar-refractivity contribution in [3.63, 3.8) is 0 Å². The molecule has 0 atom stereocenters. The van der Waals surface area contributed by atoms with E-state index in [-0.39, 0.29) is 0 Å². The van der Waals surface area contributed by atoms with Gasteiger partial charge in [0, 0.05) is 0 Å². The second-order valence-electron chi connectivity index (χ2n) is 3.92. The summed E-state index contributed by atoms with van der Waals surface area (Å²) < 4.78 is 0. The first-order valence-electron chi connectivity index (χ1n) is 6.07. The van der Waals surface area contributed by atoms with Crippen molar-refractivity contribution in [1.29, 1.82) is 0 Å². The summed E-state index contributed by atoms with van der Waals surface area (Å²) >= 11 is 0. The molecule has 0 amide bonds. The van der Waals surface area contributed by atoms with Crippen LogP contribution in [-0.2, 0) is 6.42 Å². The van der Waals surface area contributed by atoms with Crippen molar-refractivity contribution in [2.45, 2.75) is 47.5 Å². The highest BCUT2D eigenvalue weighted by Crippen LogP contribution is 2.10. The highest BCUT2D eigenvalue weighted by molar-refractivity contribution is 5.22. The first-order valence-corrected chi connectivity index (χ1v) is 6.07. The molecule has 0 aliphatic heterocycles. The van der Waals surface area contributed by atoms with Gasteiger partial charge in [0.25, 0.3) is 0 Å². The minimum absolute atomic E-state index is 0.811. The average molecular weight is 218 g/mol. The van der Waals surface area contributed by atoms with Crippen molar-refractivity contribution < 1.29 is 0 Å². The Morgan fingerprint density at radius 3 is 2.12 bits per heavy atom. The molecule has 1 rings (SSSR count). The first kappa shape index (κ1) is 17.2. The molecule has 0 heteroatoms. The van der Waals surface area contributed by atoms with Gasteiger partial charge in [-0.25, -0.2) is 0 Å². The second kappa shape index (κ2) is 11.9. The number of hydrogen-bond donors (Lipinski definition) is 0. The van der Waals surface area contributed by atoms with E-state index in [4.69, 9.17) is 0 Å². The normalized spacial score (nSPS) is 8.50. The number of hydrogen-bond acceptors (Lipinski definition) is 0. The van der Waals surface area contributed by atoms with Crippen LogP contribution < -0.4 is 0 Å². The third-order valence-electron chi connectivity index (χ3n) is 2.09. The third kappa shape index (κ3) is 9.34. The minimum atomic E-state index is 0.811. The molecule has 0 radical (unpaired) electrons. The molecule has 1 aromatic carbocycles. The minimum Gasteiger partial charge on any atom is -0.124 e. The third-order valence-corrected chi connectivity index (χ3v) is 2.09. The molecule has 0 N–H and O–H groups in total. The van der Waals surface area contributed by atoms with E-state index in [1.165, 1.54) is 24.0 Å². The fourth-order valence-corrected chi connectivity index (χ4v) is 1.32.